The molecule has 2 amide bonds. The third-order valence-electron chi connectivity index (χ3n) is 2.46. The maximum absolute atomic E-state index is 11.8. The highest BCUT2D eigenvalue weighted by Crippen LogP contribution is 2.21. The Morgan fingerprint density at radius 2 is 2.20 bits per heavy atom. The quantitative estimate of drug-likeness (QED) is 0.691. The van der Waals surface area contributed by atoms with Crippen LogP contribution < -0.4 is 5.73 Å². The molecular weight excluding hydrogens is 194 g/mol. The van der Waals surface area contributed by atoms with Crippen LogP contribution in [0.25, 0.3) is 0 Å². The largest absolute Gasteiger partial charge is 0.328 e. The maximum atomic E-state index is 11.8. The molecule has 2 heterocycles. The molecule has 1 aromatic heterocycles. The highest BCUT2D eigenvalue weighted by molar-refractivity contribution is 6.20. The van der Waals surface area contributed by atoms with Gasteiger partial charge in [0.25, 0.3) is 11.8 Å². The number of pyridine rings is 1. The van der Waals surface area contributed by atoms with Crippen molar-refractivity contribution in [2.75, 3.05) is 6.54 Å². The van der Waals surface area contributed by atoms with E-state index in [1.165, 1.54) is 6.20 Å². The Bertz CT molecular complexity index is 395. The Morgan fingerprint density at radius 1 is 1.47 bits per heavy atom. The predicted octanol–water partition coefficient (Wildman–Crippen LogP) is 0.0248. The summed E-state index contributed by atoms with van der Waals surface area (Å²) in [6, 6.07) is 2.95. The molecule has 0 saturated heterocycles. The van der Waals surface area contributed by atoms with Crippen molar-refractivity contribution in [2.24, 2.45) is 5.73 Å². The molecule has 1 aliphatic heterocycles. The molecule has 0 aliphatic carbocycles. The second-order valence-corrected chi connectivity index (χ2v) is 3.46. The Morgan fingerprint density at radius 3 is 2.80 bits per heavy atom. The Kier molecular flexibility index (Phi) is 2.24. The first-order chi connectivity index (χ1) is 7.16. The fourth-order valence-corrected chi connectivity index (χ4v) is 1.59. The molecule has 5 heteroatoms. The molecule has 1 aliphatic rings. The molecule has 1 atom stereocenters. The van der Waals surface area contributed by atoms with Gasteiger partial charge in [-0.1, -0.05) is 0 Å². The van der Waals surface area contributed by atoms with E-state index in [4.69, 9.17) is 5.73 Å². The maximum Gasteiger partial charge on any atom is 0.280 e. The lowest BCUT2D eigenvalue weighted by Gasteiger charge is -2.20. The van der Waals surface area contributed by atoms with Crippen LogP contribution in [0.2, 0.25) is 0 Å². The number of imide groups is 1. The van der Waals surface area contributed by atoms with Crippen LogP contribution in [-0.2, 0) is 0 Å². The Balaban J connectivity index is 2.45. The van der Waals surface area contributed by atoms with Gasteiger partial charge in [-0.3, -0.25) is 19.5 Å². The topological polar surface area (TPSA) is 76.3 Å². The minimum atomic E-state index is -0.353. The molecular formula is C10H11N3O2. The zero-order valence-electron chi connectivity index (χ0n) is 8.30. The van der Waals surface area contributed by atoms with Gasteiger partial charge in [-0.05, 0) is 19.1 Å². The van der Waals surface area contributed by atoms with Crippen molar-refractivity contribution in [1.29, 1.82) is 0 Å². The van der Waals surface area contributed by atoms with Crippen LogP contribution in [0.15, 0.2) is 18.3 Å². The summed E-state index contributed by atoms with van der Waals surface area (Å²) in [5.41, 5.74) is 6.03. The van der Waals surface area contributed by atoms with Crippen molar-refractivity contribution < 1.29 is 9.59 Å². The van der Waals surface area contributed by atoms with Crippen LogP contribution in [0.5, 0.6) is 0 Å². The van der Waals surface area contributed by atoms with Gasteiger partial charge >= 0.3 is 0 Å². The standard InChI is InChI=1S/C10H11N3O2/c1-6(5-11)13-9(14)7-3-2-4-12-8(7)10(13)15/h2-4,6H,5,11H2,1H3. The van der Waals surface area contributed by atoms with E-state index in [-0.39, 0.29) is 30.1 Å². The van der Waals surface area contributed by atoms with E-state index < -0.39 is 0 Å². The van der Waals surface area contributed by atoms with Gasteiger partial charge in [0.15, 0.2) is 0 Å². The lowest BCUT2D eigenvalue weighted by molar-refractivity contribution is 0.0600. The molecule has 5 nitrogen and oxygen atoms in total. The number of carbonyl (C=O) groups is 2. The Hall–Kier alpha value is -1.75. The Labute approximate surface area is 86.9 Å². The van der Waals surface area contributed by atoms with E-state index in [2.05, 4.69) is 4.98 Å². The lowest BCUT2D eigenvalue weighted by atomic mass is 10.2. The summed E-state index contributed by atoms with van der Waals surface area (Å²) in [7, 11) is 0. The molecule has 0 saturated carbocycles. The number of fused-ring (bicyclic) bond motifs is 1. The van der Waals surface area contributed by atoms with E-state index in [0.717, 1.165) is 4.90 Å². The van der Waals surface area contributed by atoms with Crippen molar-refractivity contribution in [3.63, 3.8) is 0 Å². The molecule has 0 bridgehead atoms. The van der Waals surface area contributed by atoms with Gasteiger partial charge in [-0.15, -0.1) is 0 Å². The van der Waals surface area contributed by atoms with Gasteiger partial charge in [0.1, 0.15) is 5.69 Å². The number of rotatable bonds is 2. The van der Waals surface area contributed by atoms with Crippen LogP contribution >= 0.6 is 0 Å². The van der Waals surface area contributed by atoms with Crippen molar-refractivity contribution in [3.05, 3.63) is 29.6 Å². The molecule has 1 aromatic rings. The summed E-state index contributed by atoms with van der Waals surface area (Å²) in [5, 5.41) is 0. The average Bonchev–Trinajstić information content (AvgIpc) is 2.52. The second-order valence-electron chi connectivity index (χ2n) is 3.46. The fourth-order valence-electron chi connectivity index (χ4n) is 1.59. The van der Waals surface area contributed by atoms with E-state index in [0.29, 0.717) is 5.56 Å². The van der Waals surface area contributed by atoms with Gasteiger partial charge in [-0.2, -0.15) is 0 Å². The molecule has 2 rings (SSSR count). The molecule has 0 aromatic carbocycles. The van der Waals surface area contributed by atoms with Crippen molar-refractivity contribution in [1.82, 2.24) is 9.88 Å². The number of hydrogen-bond acceptors (Lipinski definition) is 4. The first kappa shape index (κ1) is 9.79. The number of nitrogens with two attached hydrogens (primary N) is 1. The summed E-state index contributed by atoms with van der Waals surface area (Å²) in [5.74, 6) is -0.658. The third-order valence-corrected chi connectivity index (χ3v) is 2.46. The molecule has 0 spiro atoms. The molecule has 2 N–H and O–H groups in total. The van der Waals surface area contributed by atoms with Crippen LogP contribution in [0.1, 0.15) is 27.8 Å². The highest BCUT2D eigenvalue weighted by Gasteiger charge is 2.38. The number of amides is 2. The SMILES string of the molecule is CC(CN)N1C(=O)c2cccnc2C1=O. The smallest absolute Gasteiger partial charge is 0.280 e. The number of aromatic nitrogens is 1. The highest BCUT2D eigenvalue weighted by atomic mass is 16.2. The molecule has 0 radical (unpaired) electrons. The van der Waals surface area contributed by atoms with Gasteiger partial charge < -0.3 is 5.73 Å². The summed E-state index contributed by atoms with van der Waals surface area (Å²) in [6.07, 6.45) is 1.50. The van der Waals surface area contributed by atoms with E-state index in [9.17, 15) is 9.59 Å². The minimum Gasteiger partial charge on any atom is -0.328 e. The summed E-state index contributed by atoms with van der Waals surface area (Å²) in [6.45, 7) is 1.99. The number of hydrogen-bond donors (Lipinski definition) is 1. The minimum absolute atomic E-state index is 0.225. The summed E-state index contributed by atoms with van der Waals surface area (Å²) in [4.78, 5) is 28.7. The van der Waals surface area contributed by atoms with Crippen LogP contribution in [-0.4, -0.2) is 34.3 Å². The van der Waals surface area contributed by atoms with E-state index >= 15 is 0 Å². The van der Waals surface area contributed by atoms with Crippen LogP contribution in [0, 0.1) is 0 Å². The lowest BCUT2D eigenvalue weighted by Crippen LogP contribution is -2.42. The molecule has 78 valence electrons. The first-order valence-corrected chi connectivity index (χ1v) is 4.69. The first-order valence-electron chi connectivity index (χ1n) is 4.69. The van der Waals surface area contributed by atoms with E-state index in [1.807, 2.05) is 0 Å². The number of nitrogens with zero attached hydrogens (tertiary/aromatic N) is 2. The monoisotopic (exact) mass is 205 g/mol. The molecule has 1 unspecified atom stereocenters. The molecule has 15 heavy (non-hydrogen) atoms. The van der Waals surface area contributed by atoms with Crippen LogP contribution in [0.4, 0.5) is 0 Å². The number of carbonyl (C=O) groups excluding carboxylic acids is 2. The van der Waals surface area contributed by atoms with Gasteiger partial charge in [0, 0.05) is 18.8 Å². The van der Waals surface area contributed by atoms with Gasteiger partial charge in [0.2, 0.25) is 0 Å². The van der Waals surface area contributed by atoms with Crippen molar-refractivity contribution in [2.45, 2.75) is 13.0 Å². The van der Waals surface area contributed by atoms with Gasteiger partial charge in [0.05, 0.1) is 5.56 Å². The predicted molar refractivity (Wildman–Crippen MR) is 53.3 cm³/mol. The normalized spacial score (nSPS) is 16.8. The summed E-state index contributed by atoms with van der Waals surface area (Å²) >= 11 is 0. The fraction of sp³-hybridized carbons (Fsp3) is 0.300. The zero-order chi connectivity index (χ0) is 11.0. The van der Waals surface area contributed by atoms with Crippen molar-refractivity contribution >= 4 is 11.8 Å². The summed E-state index contributed by atoms with van der Waals surface area (Å²) < 4.78 is 0. The van der Waals surface area contributed by atoms with Gasteiger partial charge in [-0.25, -0.2) is 0 Å². The average molecular weight is 205 g/mol. The van der Waals surface area contributed by atoms with E-state index in [1.54, 1.807) is 19.1 Å². The molecule has 0 fully saturated rings. The second kappa shape index (κ2) is 3.43. The zero-order valence-corrected chi connectivity index (χ0v) is 8.30. The van der Waals surface area contributed by atoms with Crippen LogP contribution in [0.3, 0.4) is 0 Å². The van der Waals surface area contributed by atoms with Crippen molar-refractivity contribution in [3.8, 4) is 0 Å². The third kappa shape index (κ3) is 1.32.